The number of hydrogen-bond donors (Lipinski definition) is 0. The van der Waals surface area contributed by atoms with Gasteiger partial charge < -0.3 is 9.47 Å². The van der Waals surface area contributed by atoms with Crippen LogP contribution in [0.25, 0.3) is 0 Å². The van der Waals surface area contributed by atoms with Gasteiger partial charge in [-0.3, -0.25) is 4.79 Å². The maximum atomic E-state index is 12.8. The molecule has 2 rings (SSSR count). The second-order valence-corrected chi connectivity index (χ2v) is 8.50. The van der Waals surface area contributed by atoms with Gasteiger partial charge >= 0.3 is 0 Å². The smallest absolute Gasteiger partial charge is 0.228 e. The Hall–Kier alpha value is -1.55. The third kappa shape index (κ3) is 5.74. The summed E-state index contributed by atoms with van der Waals surface area (Å²) in [7, 11) is 0. The van der Waals surface area contributed by atoms with E-state index in [-0.39, 0.29) is 11.3 Å². The molecule has 1 amide bonds. The summed E-state index contributed by atoms with van der Waals surface area (Å²) in [6.07, 6.45) is 4.22. The Bertz CT molecular complexity index is 683. The molecule has 4 heteroatoms. The largest absolute Gasteiger partial charge is 0.345 e. The van der Waals surface area contributed by atoms with E-state index < -0.39 is 0 Å². The zero-order chi connectivity index (χ0) is 18.4. The summed E-state index contributed by atoms with van der Waals surface area (Å²) in [6, 6.07) is 12.6. The van der Waals surface area contributed by atoms with Crippen molar-refractivity contribution < 1.29 is 4.79 Å². The molecule has 25 heavy (non-hydrogen) atoms. The van der Waals surface area contributed by atoms with Gasteiger partial charge in [0.05, 0.1) is 6.54 Å². The summed E-state index contributed by atoms with van der Waals surface area (Å²) in [5.41, 5.74) is 2.08. The minimum absolute atomic E-state index is 0.220. The molecule has 2 aromatic rings. The fraction of sp³-hybridized carbons (Fsp3) is 0.476. The molecule has 1 aromatic carbocycles. The van der Waals surface area contributed by atoms with Crippen molar-refractivity contribution in [3.63, 3.8) is 0 Å². The molecule has 0 radical (unpaired) electrons. The summed E-state index contributed by atoms with van der Waals surface area (Å²) in [6.45, 7) is 10.5. The Morgan fingerprint density at radius 3 is 2.44 bits per heavy atom. The molecule has 0 saturated carbocycles. The number of aromatic nitrogens is 1. The van der Waals surface area contributed by atoms with Crippen LogP contribution in [0.3, 0.4) is 0 Å². The van der Waals surface area contributed by atoms with Gasteiger partial charge in [0.15, 0.2) is 0 Å². The second-order valence-electron chi connectivity index (χ2n) is 7.58. The van der Waals surface area contributed by atoms with Crippen LogP contribution in [0, 0.1) is 5.41 Å². The Labute approximate surface area is 160 Å². The van der Waals surface area contributed by atoms with Crippen LogP contribution in [0.1, 0.15) is 51.8 Å². The summed E-state index contributed by atoms with van der Waals surface area (Å²) < 4.78 is 3.32. The van der Waals surface area contributed by atoms with E-state index in [1.807, 2.05) is 25.7 Å². The van der Waals surface area contributed by atoms with E-state index in [4.69, 9.17) is 0 Å². The molecule has 0 fully saturated rings. The van der Waals surface area contributed by atoms with Gasteiger partial charge in [-0.15, -0.1) is 0 Å². The Morgan fingerprint density at radius 1 is 1.16 bits per heavy atom. The fourth-order valence-corrected chi connectivity index (χ4v) is 3.07. The third-order valence-corrected chi connectivity index (χ3v) is 4.78. The van der Waals surface area contributed by atoms with Crippen LogP contribution in [-0.4, -0.2) is 21.9 Å². The van der Waals surface area contributed by atoms with Crippen LogP contribution >= 0.6 is 15.9 Å². The number of hydrogen-bond acceptors (Lipinski definition) is 1. The highest BCUT2D eigenvalue weighted by Crippen LogP contribution is 2.21. The Morgan fingerprint density at radius 2 is 1.84 bits per heavy atom. The molecular weight excluding hydrogens is 376 g/mol. The lowest BCUT2D eigenvalue weighted by molar-refractivity contribution is -0.140. The lowest BCUT2D eigenvalue weighted by atomic mass is 9.94. The van der Waals surface area contributed by atoms with Crippen molar-refractivity contribution in [2.45, 2.75) is 53.6 Å². The SMILES string of the molecule is CCCCN(Cc1cccn1Cc1ccc(Br)cc1)C(=O)C(C)(C)C. The number of nitrogens with zero attached hydrogens (tertiary/aromatic N) is 2. The molecule has 0 atom stereocenters. The first-order chi connectivity index (χ1) is 11.8. The highest BCUT2D eigenvalue weighted by molar-refractivity contribution is 9.10. The topological polar surface area (TPSA) is 25.2 Å². The van der Waals surface area contributed by atoms with E-state index in [0.29, 0.717) is 6.54 Å². The van der Waals surface area contributed by atoms with E-state index in [9.17, 15) is 4.79 Å². The molecule has 0 aliphatic rings. The fourth-order valence-electron chi connectivity index (χ4n) is 2.81. The quantitative estimate of drug-likeness (QED) is 0.599. The van der Waals surface area contributed by atoms with E-state index >= 15 is 0 Å². The highest BCUT2D eigenvalue weighted by atomic mass is 79.9. The molecule has 0 aliphatic carbocycles. The molecule has 0 unspecified atom stereocenters. The maximum absolute atomic E-state index is 12.8. The Balaban J connectivity index is 2.15. The van der Waals surface area contributed by atoms with Crippen LogP contribution in [0.4, 0.5) is 0 Å². The standard InChI is InChI=1S/C21H29BrN2O/c1-5-6-13-24(20(25)21(2,3)4)16-19-8-7-14-23(19)15-17-9-11-18(22)12-10-17/h7-12,14H,5-6,13,15-16H2,1-4H3. The number of benzene rings is 1. The predicted molar refractivity (Wildman–Crippen MR) is 107 cm³/mol. The number of amides is 1. The first-order valence-corrected chi connectivity index (χ1v) is 9.78. The van der Waals surface area contributed by atoms with Crippen molar-refractivity contribution in [3.05, 3.63) is 58.3 Å². The van der Waals surface area contributed by atoms with Gasteiger partial charge in [0.1, 0.15) is 0 Å². The molecule has 3 nitrogen and oxygen atoms in total. The van der Waals surface area contributed by atoms with Gasteiger partial charge in [0, 0.05) is 34.9 Å². The monoisotopic (exact) mass is 404 g/mol. The summed E-state index contributed by atoms with van der Waals surface area (Å²) in [5.74, 6) is 0.220. The summed E-state index contributed by atoms with van der Waals surface area (Å²) >= 11 is 3.48. The van der Waals surface area contributed by atoms with Crippen molar-refractivity contribution in [1.29, 1.82) is 0 Å². The molecule has 0 bridgehead atoms. The van der Waals surface area contributed by atoms with Gasteiger partial charge in [0.2, 0.25) is 5.91 Å². The van der Waals surface area contributed by atoms with Gasteiger partial charge in [-0.05, 0) is 36.2 Å². The van der Waals surface area contributed by atoms with Crippen LogP contribution in [0.15, 0.2) is 47.1 Å². The van der Waals surface area contributed by atoms with E-state index in [1.54, 1.807) is 0 Å². The van der Waals surface area contributed by atoms with Gasteiger partial charge in [-0.2, -0.15) is 0 Å². The van der Waals surface area contributed by atoms with Crippen LogP contribution in [-0.2, 0) is 17.9 Å². The molecule has 0 saturated heterocycles. The summed E-state index contributed by atoms with van der Waals surface area (Å²) in [5, 5.41) is 0. The summed E-state index contributed by atoms with van der Waals surface area (Å²) in [4.78, 5) is 14.8. The van der Waals surface area contributed by atoms with Crippen molar-refractivity contribution >= 4 is 21.8 Å². The van der Waals surface area contributed by atoms with Gasteiger partial charge in [0.25, 0.3) is 0 Å². The first kappa shape index (κ1) is 19.8. The molecule has 1 heterocycles. The molecule has 1 aromatic heterocycles. The normalized spacial score (nSPS) is 11.6. The number of rotatable bonds is 7. The minimum Gasteiger partial charge on any atom is -0.345 e. The van der Waals surface area contributed by atoms with Crippen molar-refractivity contribution in [3.8, 4) is 0 Å². The number of unbranched alkanes of at least 4 members (excludes halogenated alkanes) is 1. The predicted octanol–water partition coefficient (Wildman–Crippen LogP) is 5.47. The molecule has 0 N–H and O–H groups in total. The van der Waals surface area contributed by atoms with Crippen molar-refractivity contribution in [2.24, 2.45) is 5.41 Å². The molecule has 136 valence electrons. The average molecular weight is 405 g/mol. The third-order valence-electron chi connectivity index (χ3n) is 4.25. The van der Waals surface area contributed by atoms with Crippen molar-refractivity contribution in [2.75, 3.05) is 6.54 Å². The lowest BCUT2D eigenvalue weighted by Crippen LogP contribution is -2.40. The van der Waals surface area contributed by atoms with E-state index in [0.717, 1.165) is 30.4 Å². The first-order valence-electron chi connectivity index (χ1n) is 8.99. The van der Waals surface area contributed by atoms with Gasteiger partial charge in [-0.1, -0.05) is 62.2 Å². The number of carbonyl (C=O) groups excluding carboxylic acids is 1. The van der Waals surface area contributed by atoms with Crippen molar-refractivity contribution in [1.82, 2.24) is 9.47 Å². The van der Waals surface area contributed by atoms with Crippen LogP contribution in [0.5, 0.6) is 0 Å². The van der Waals surface area contributed by atoms with Crippen LogP contribution in [0.2, 0.25) is 0 Å². The van der Waals surface area contributed by atoms with E-state index in [1.165, 1.54) is 11.3 Å². The number of carbonyl (C=O) groups is 1. The zero-order valence-electron chi connectivity index (χ0n) is 15.8. The second kappa shape index (κ2) is 8.70. The average Bonchev–Trinajstić information content (AvgIpc) is 2.99. The molecule has 0 aliphatic heterocycles. The minimum atomic E-state index is -0.350. The molecular formula is C21H29BrN2O. The van der Waals surface area contributed by atoms with Gasteiger partial charge in [-0.25, -0.2) is 0 Å². The zero-order valence-corrected chi connectivity index (χ0v) is 17.3. The van der Waals surface area contributed by atoms with E-state index in [2.05, 4.69) is 70.0 Å². The lowest BCUT2D eigenvalue weighted by Gasteiger charge is -2.30. The Kier molecular flexibility index (Phi) is 6.88. The highest BCUT2D eigenvalue weighted by Gasteiger charge is 2.27. The molecule has 0 spiro atoms. The number of halogens is 1. The van der Waals surface area contributed by atoms with Crippen LogP contribution < -0.4 is 0 Å². The maximum Gasteiger partial charge on any atom is 0.228 e.